The summed E-state index contributed by atoms with van der Waals surface area (Å²) in [5, 5.41) is 10.9. The van der Waals surface area contributed by atoms with Gasteiger partial charge < -0.3 is 9.84 Å². The first-order valence-electron chi connectivity index (χ1n) is 9.30. The van der Waals surface area contributed by atoms with Crippen LogP contribution in [0.4, 0.5) is 0 Å². The van der Waals surface area contributed by atoms with Crippen LogP contribution in [-0.2, 0) is 17.4 Å². The summed E-state index contributed by atoms with van der Waals surface area (Å²) >= 11 is 3.51. The van der Waals surface area contributed by atoms with E-state index in [1.807, 2.05) is 13.0 Å². The Bertz CT molecular complexity index is 734. The minimum Gasteiger partial charge on any atom is -0.496 e. The number of halogens is 1. The molecule has 0 heterocycles. The molecule has 1 atom stereocenters. The molecule has 0 aliphatic heterocycles. The summed E-state index contributed by atoms with van der Waals surface area (Å²) in [6, 6.07) is 14.7. The van der Waals surface area contributed by atoms with Crippen LogP contribution in [0, 0.1) is 5.92 Å². The lowest BCUT2D eigenvalue weighted by Gasteiger charge is -2.32. The van der Waals surface area contributed by atoms with E-state index in [2.05, 4.69) is 80.0 Å². The molecule has 0 saturated heterocycles. The first-order chi connectivity index (χ1) is 12.1. The van der Waals surface area contributed by atoms with E-state index in [1.54, 1.807) is 7.11 Å². The van der Waals surface area contributed by atoms with E-state index < -0.39 is 5.60 Å². The van der Waals surface area contributed by atoms with Crippen molar-refractivity contribution in [2.75, 3.05) is 7.11 Å². The van der Waals surface area contributed by atoms with Crippen LogP contribution in [0.3, 0.4) is 0 Å². The monoisotopic (exact) mass is 418 g/mol. The second kappa shape index (κ2) is 8.14. The second-order valence-corrected chi connectivity index (χ2v) is 8.95. The molecular weight excluding hydrogens is 388 g/mol. The Labute approximate surface area is 166 Å². The van der Waals surface area contributed by atoms with Crippen LogP contribution in [0.25, 0.3) is 0 Å². The van der Waals surface area contributed by atoms with Gasteiger partial charge in [0.1, 0.15) is 5.75 Å². The van der Waals surface area contributed by atoms with Crippen molar-refractivity contribution < 1.29 is 9.84 Å². The summed E-state index contributed by atoms with van der Waals surface area (Å²) in [5.74, 6) is 1.09. The highest BCUT2D eigenvalue weighted by Gasteiger charge is 2.31. The van der Waals surface area contributed by atoms with Crippen molar-refractivity contribution in [2.24, 2.45) is 5.92 Å². The van der Waals surface area contributed by atoms with Gasteiger partial charge in [-0.15, -0.1) is 0 Å². The Morgan fingerprint density at radius 3 is 2.19 bits per heavy atom. The molecule has 1 unspecified atom stereocenters. The second-order valence-electron chi connectivity index (χ2n) is 8.03. The van der Waals surface area contributed by atoms with Crippen LogP contribution in [-0.4, -0.2) is 12.2 Å². The number of ether oxygens (including phenoxy) is 1. The Morgan fingerprint density at radius 2 is 1.69 bits per heavy atom. The smallest absolute Gasteiger partial charge is 0.123 e. The minimum absolute atomic E-state index is 0.0628. The number of rotatable bonds is 7. The average Bonchev–Trinajstić information content (AvgIpc) is 2.60. The van der Waals surface area contributed by atoms with Crippen molar-refractivity contribution in [3.63, 3.8) is 0 Å². The normalized spacial score (nSPS) is 14.3. The van der Waals surface area contributed by atoms with Gasteiger partial charge >= 0.3 is 0 Å². The topological polar surface area (TPSA) is 29.5 Å². The van der Waals surface area contributed by atoms with Gasteiger partial charge in [0.2, 0.25) is 0 Å². The third-order valence-electron chi connectivity index (χ3n) is 5.49. The van der Waals surface area contributed by atoms with Crippen molar-refractivity contribution in [2.45, 2.75) is 58.5 Å². The Hall–Kier alpha value is -1.32. The molecule has 0 aromatic heterocycles. The molecule has 0 amide bonds. The fourth-order valence-electron chi connectivity index (χ4n) is 3.69. The lowest BCUT2D eigenvalue weighted by atomic mass is 9.77. The summed E-state index contributed by atoms with van der Waals surface area (Å²) in [6.07, 6.45) is 1.61. The lowest BCUT2D eigenvalue weighted by Crippen LogP contribution is -2.31. The van der Waals surface area contributed by atoms with Gasteiger partial charge in [0.15, 0.2) is 0 Å². The van der Waals surface area contributed by atoms with Crippen molar-refractivity contribution in [1.29, 1.82) is 0 Å². The van der Waals surface area contributed by atoms with Crippen LogP contribution < -0.4 is 4.74 Å². The summed E-state index contributed by atoms with van der Waals surface area (Å²) in [4.78, 5) is 0. The predicted octanol–water partition coefficient (Wildman–Crippen LogP) is 6.23. The maximum atomic E-state index is 10.9. The molecular formula is C23H31BrO2. The highest BCUT2D eigenvalue weighted by Crippen LogP contribution is 2.37. The predicted molar refractivity (Wildman–Crippen MR) is 113 cm³/mol. The average molecular weight is 419 g/mol. The third kappa shape index (κ3) is 4.32. The molecule has 0 fully saturated rings. The summed E-state index contributed by atoms with van der Waals surface area (Å²) in [7, 11) is 1.72. The highest BCUT2D eigenvalue weighted by molar-refractivity contribution is 9.10. The fourth-order valence-corrected chi connectivity index (χ4v) is 4.03. The standard InChI is InChI=1S/C23H31BrO2/c1-7-23(25,16(2)3)18-10-8-17(9-11-18)15-22(4,5)20-13-12-19(24)14-21(20)26-6/h8-14,16,25H,7,15H2,1-6H3. The van der Waals surface area contributed by atoms with Crippen molar-refractivity contribution in [1.82, 2.24) is 0 Å². The summed E-state index contributed by atoms with van der Waals surface area (Å²) < 4.78 is 6.61. The number of hydrogen-bond acceptors (Lipinski definition) is 2. The van der Waals surface area contributed by atoms with E-state index in [-0.39, 0.29) is 11.3 Å². The molecule has 2 rings (SSSR count). The van der Waals surface area contributed by atoms with Gasteiger partial charge in [-0.2, -0.15) is 0 Å². The fraction of sp³-hybridized carbons (Fsp3) is 0.478. The first-order valence-corrected chi connectivity index (χ1v) is 10.1. The van der Waals surface area contributed by atoms with Crippen LogP contribution in [0.2, 0.25) is 0 Å². The van der Waals surface area contributed by atoms with E-state index in [1.165, 1.54) is 11.1 Å². The summed E-state index contributed by atoms with van der Waals surface area (Å²) in [6.45, 7) is 10.7. The van der Waals surface area contributed by atoms with Gasteiger partial charge in [-0.3, -0.25) is 0 Å². The van der Waals surface area contributed by atoms with Crippen LogP contribution in [0.1, 0.15) is 57.7 Å². The number of aliphatic hydroxyl groups is 1. The Balaban J connectivity index is 2.28. The van der Waals surface area contributed by atoms with Gasteiger partial charge in [0.25, 0.3) is 0 Å². The SMILES string of the molecule is CCC(O)(c1ccc(CC(C)(C)c2ccc(Br)cc2OC)cc1)C(C)C. The highest BCUT2D eigenvalue weighted by atomic mass is 79.9. The lowest BCUT2D eigenvalue weighted by molar-refractivity contribution is -0.0140. The Morgan fingerprint density at radius 1 is 1.08 bits per heavy atom. The molecule has 0 bridgehead atoms. The van der Waals surface area contributed by atoms with E-state index >= 15 is 0 Å². The van der Waals surface area contributed by atoms with Crippen molar-refractivity contribution in [3.05, 3.63) is 63.6 Å². The zero-order chi connectivity index (χ0) is 19.5. The molecule has 2 aromatic carbocycles. The van der Waals surface area contributed by atoms with Crippen molar-refractivity contribution >= 4 is 15.9 Å². The van der Waals surface area contributed by atoms with Gasteiger partial charge in [0, 0.05) is 10.0 Å². The summed E-state index contributed by atoms with van der Waals surface area (Å²) in [5.41, 5.74) is 2.62. The zero-order valence-corrected chi connectivity index (χ0v) is 18.4. The van der Waals surface area contributed by atoms with E-state index in [0.717, 1.165) is 22.2 Å². The minimum atomic E-state index is -0.761. The largest absolute Gasteiger partial charge is 0.496 e. The van der Waals surface area contributed by atoms with Gasteiger partial charge in [-0.1, -0.05) is 80.9 Å². The molecule has 0 radical (unpaired) electrons. The third-order valence-corrected chi connectivity index (χ3v) is 5.98. The molecule has 0 aliphatic rings. The molecule has 0 aliphatic carbocycles. The van der Waals surface area contributed by atoms with E-state index in [4.69, 9.17) is 4.74 Å². The molecule has 0 saturated carbocycles. The molecule has 3 heteroatoms. The van der Waals surface area contributed by atoms with Gasteiger partial charge in [-0.05, 0) is 47.4 Å². The molecule has 26 heavy (non-hydrogen) atoms. The molecule has 142 valence electrons. The van der Waals surface area contributed by atoms with Crippen LogP contribution in [0.15, 0.2) is 46.9 Å². The van der Waals surface area contributed by atoms with Gasteiger partial charge in [-0.25, -0.2) is 0 Å². The Kier molecular flexibility index (Phi) is 6.57. The maximum absolute atomic E-state index is 10.9. The van der Waals surface area contributed by atoms with E-state index in [9.17, 15) is 5.11 Å². The first kappa shape index (κ1) is 21.0. The molecule has 2 nitrogen and oxygen atoms in total. The van der Waals surface area contributed by atoms with Gasteiger partial charge in [0.05, 0.1) is 12.7 Å². The molecule has 2 aromatic rings. The van der Waals surface area contributed by atoms with Crippen molar-refractivity contribution in [3.8, 4) is 5.75 Å². The van der Waals surface area contributed by atoms with E-state index in [0.29, 0.717) is 6.42 Å². The maximum Gasteiger partial charge on any atom is 0.123 e. The number of hydrogen-bond donors (Lipinski definition) is 1. The van der Waals surface area contributed by atoms with Crippen LogP contribution in [0.5, 0.6) is 5.75 Å². The zero-order valence-electron chi connectivity index (χ0n) is 16.8. The number of methoxy groups -OCH3 is 1. The molecule has 0 spiro atoms. The quantitative estimate of drug-likeness (QED) is 0.576. The molecule has 1 N–H and O–H groups in total. The number of benzene rings is 2. The van der Waals surface area contributed by atoms with Crippen LogP contribution >= 0.6 is 15.9 Å².